The van der Waals surface area contributed by atoms with Crippen LogP contribution in [0.1, 0.15) is 17.3 Å². The van der Waals surface area contributed by atoms with Crippen molar-refractivity contribution in [1.29, 1.82) is 0 Å². The lowest BCUT2D eigenvalue weighted by Gasteiger charge is -2.10. The summed E-state index contributed by atoms with van der Waals surface area (Å²) < 4.78 is 13.4. The van der Waals surface area contributed by atoms with Gasteiger partial charge in [0.25, 0.3) is 5.91 Å². The number of benzene rings is 1. The van der Waals surface area contributed by atoms with Gasteiger partial charge in [0.05, 0.1) is 4.47 Å². The lowest BCUT2D eigenvalue weighted by molar-refractivity contribution is -0.119. The molecule has 0 fully saturated rings. The van der Waals surface area contributed by atoms with Gasteiger partial charge in [0.2, 0.25) is 5.91 Å². The van der Waals surface area contributed by atoms with Crippen LogP contribution in [0.25, 0.3) is 0 Å². The molecule has 3 N–H and O–H groups in total. The van der Waals surface area contributed by atoms with Crippen molar-refractivity contribution in [1.82, 2.24) is 5.32 Å². The molecule has 1 rings (SSSR count). The van der Waals surface area contributed by atoms with E-state index in [1.165, 1.54) is 19.1 Å². The summed E-state index contributed by atoms with van der Waals surface area (Å²) in [6.07, 6.45) is 0. The topological polar surface area (TPSA) is 72.2 Å². The third kappa shape index (κ3) is 3.03. The van der Waals surface area contributed by atoms with E-state index >= 15 is 0 Å². The number of hydrogen-bond acceptors (Lipinski definition) is 2. The van der Waals surface area contributed by atoms with Crippen molar-refractivity contribution < 1.29 is 14.0 Å². The Bertz CT molecular complexity index is 437. The standard InChI is InChI=1S/C10H10BrFN2O2/c1-5(9(13)15)14-10(16)6-2-3-7(11)8(12)4-6/h2-5H,1H3,(H2,13,15)(H,14,16). The minimum Gasteiger partial charge on any atom is -0.368 e. The lowest BCUT2D eigenvalue weighted by Crippen LogP contribution is -2.42. The number of hydrogen-bond donors (Lipinski definition) is 2. The molecule has 1 atom stereocenters. The average molecular weight is 289 g/mol. The van der Waals surface area contributed by atoms with Crippen LogP contribution in [-0.2, 0) is 4.79 Å². The van der Waals surface area contributed by atoms with Crippen LogP contribution < -0.4 is 11.1 Å². The first-order valence-electron chi connectivity index (χ1n) is 4.47. The molecule has 0 saturated heterocycles. The van der Waals surface area contributed by atoms with Crippen LogP contribution in [0.2, 0.25) is 0 Å². The van der Waals surface area contributed by atoms with Crippen molar-refractivity contribution >= 4 is 27.7 Å². The van der Waals surface area contributed by atoms with Crippen molar-refractivity contribution in [2.24, 2.45) is 5.73 Å². The van der Waals surface area contributed by atoms with Gasteiger partial charge in [0.1, 0.15) is 11.9 Å². The van der Waals surface area contributed by atoms with Gasteiger partial charge in [-0.2, -0.15) is 0 Å². The second-order valence-corrected chi connectivity index (χ2v) is 4.08. The maximum atomic E-state index is 13.1. The van der Waals surface area contributed by atoms with Gasteiger partial charge >= 0.3 is 0 Å². The molecule has 6 heteroatoms. The minimum atomic E-state index is -0.792. The monoisotopic (exact) mass is 288 g/mol. The maximum Gasteiger partial charge on any atom is 0.252 e. The van der Waals surface area contributed by atoms with Crippen LogP contribution in [0.15, 0.2) is 22.7 Å². The fourth-order valence-electron chi connectivity index (χ4n) is 0.988. The number of amides is 2. The van der Waals surface area contributed by atoms with Crippen molar-refractivity contribution in [3.05, 3.63) is 34.1 Å². The van der Waals surface area contributed by atoms with Crippen LogP contribution in [0, 0.1) is 5.82 Å². The van der Waals surface area contributed by atoms with E-state index in [1.807, 2.05) is 0 Å². The van der Waals surface area contributed by atoms with E-state index < -0.39 is 23.7 Å². The molecule has 0 heterocycles. The Morgan fingerprint density at radius 3 is 2.62 bits per heavy atom. The van der Waals surface area contributed by atoms with Crippen molar-refractivity contribution in [2.45, 2.75) is 13.0 Å². The molecule has 0 aliphatic carbocycles. The van der Waals surface area contributed by atoms with Crippen LogP contribution in [-0.4, -0.2) is 17.9 Å². The normalized spacial score (nSPS) is 11.9. The van der Waals surface area contributed by atoms with Crippen LogP contribution in [0.4, 0.5) is 4.39 Å². The largest absolute Gasteiger partial charge is 0.368 e. The van der Waals surface area contributed by atoms with E-state index in [9.17, 15) is 14.0 Å². The molecule has 2 amide bonds. The fourth-order valence-corrected chi connectivity index (χ4v) is 1.24. The number of primary amides is 1. The second-order valence-electron chi connectivity index (χ2n) is 3.23. The summed E-state index contributed by atoms with van der Waals surface area (Å²) in [6, 6.07) is 3.14. The summed E-state index contributed by atoms with van der Waals surface area (Å²) in [5.74, 6) is -1.73. The smallest absolute Gasteiger partial charge is 0.252 e. The number of nitrogens with one attached hydrogen (secondary N) is 1. The van der Waals surface area contributed by atoms with E-state index in [2.05, 4.69) is 21.2 Å². The number of nitrogens with two attached hydrogens (primary N) is 1. The SMILES string of the molecule is CC(NC(=O)c1ccc(Br)c(F)c1)C(N)=O. The Labute approximate surface area is 100 Å². The molecule has 1 aromatic carbocycles. The van der Waals surface area contributed by atoms with Gasteiger partial charge in [-0.15, -0.1) is 0 Å². The summed E-state index contributed by atoms with van der Waals surface area (Å²) in [6.45, 7) is 1.45. The molecule has 0 aliphatic rings. The molecule has 0 aromatic heterocycles. The van der Waals surface area contributed by atoms with Gasteiger partial charge < -0.3 is 11.1 Å². The highest BCUT2D eigenvalue weighted by atomic mass is 79.9. The molecule has 4 nitrogen and oxygen atoms in total. The highest BCUT2D eigenvalue weighted by Gasteiger charge is 2.14. The molecule has 0 bridgehead atoms. The number of halogens is 2. The number of rotatable bonds is 3. The van der Waals surface area contributed by atoms with E-state index in [0.717, 1.165) is 6.07 Å². The minimum absolute atomic E-state index is 0.133. The molecule has 1 unspecified atom stereocenters. The Morgan fingerprint density at radius 1 is 1.50 bits per heavy atom. The maximum absolute atomic E-state index is 13.1. The van der Waals surface area contributed by atoms with E-state index in [4.69, 9.17) is 5.73 Å². The van der Waals surface area contributed by atoms with Gasteiger partial charge in [-0.25, -0.2) is 4.39 Å². The number of carbonyl (C=O) groups is 2. The van der Waals surface area contributed by atoms with Crippen LogP contribution in [0.3, 0.4) is 0 Å². The molecule has 0 radical (unpaired) electrons. The van der Waals surface area contributed by atoms with E-state index in [-0.39, 0.29) is 10.0 Å². The first-order valence-corrected chi connectivity index (χ1v) is 5.26. The summed E-state index contributed by atoms with van der Waals surface area (Å²) in [7, 11) is 0. The van der Waals surface area contributed by atoms with Gasteiger partial charge in [0.15, 0.2) is 0 Å². The van der Waals surface area contributed by atoms with Crippen molar-refractivity contribution in [3.8, 4) is 0 Å². The summed E-state index contributed by atoms with van der Waals surface area (Å²) in [5.41, 5.74) is 5.11. The Morgan fingerprint density at radius 2 is 2.12 bits per heavy atom. The van der Waals surface area contributed by atoms with Gasteiger partial charge in [-0.05, 0) is 41.1 Å². The van der Waals surface area contributed by atoms with E-state index in [1.54, 1.807) is 0 Å². The Balaban J connectivity index is 2.81. The molecule has 1 aromatic rings. The summed E-state index contributed by atoms with van der Waals surface area (Å²) >= 11 is 2.97. The summed E-state index contributed by atoms with van der Waals surface area (Å²) in [4.78, 5) is 22.2. The predicted octanol–water partition coefficient (Wildman–Crippen LogP) is 1.19. The van der Waals surface area contributed by atoms with Gasteiger partial charge in [-0.3, -0.25) is 9.59 Å². The molecule has 0 saturated carbocycles. The third-order valence-electron chi connectivity index (χ3n) is 1.96. The van der Waals surface area contributed by atoms with Crippen molar-refractivity contribution in [3.63, 3.8) is 0 Å². The fraction of sp³-hybridized carbons (Fsp3) is 0.200. The predicted molar refractivity (Wildman–Crippen MR) is 60.2 cm³/mol. The zero-order valence-corrected chi connectivity index (χ0v) is 10.0. The third-order valence-corrected chi connectivity index (χ3v) is 2.60. The molecule has 86 valence electrons. The summed E-state index contributed by atoms with van der Waals surface area (Å²) in [5, 5.41) is 2.35. The van der Waals surface area contributed by atoms with Crippen molar-refractivity contribution in [2.75, 3.05) is 0 Å². The first kappa shape index (κ1) is 12.6. The quantitative estimate of drug-likeness (QED) is 0.877. The van der Waals surface area contributed by atoms with Crippen LogP contribution in [0.5, 0.6) is 0 Å². The molecular formula is C10H10BrFN2O2. The lowest BCUT2D eigenvalue weighted by atomic mass is 10.2. The molecule has 0 aliphatic heterocycles. The molecular weight excluding hydrogens is 279 g/mol. The van der Waals surface area contributed by atoms with Crippen LogP contribution >= 0.6 is 15.9 Å². The van der Waals surface area contributed by atoms with Gasteiger partial charge in [0, 0.05) is 5.56 Å². The zero-order valence-electron chi connectivity index (χ0n) is 8.46. The highest BCUT2D eigenvalue weighted by Crippen LogP contribution is 2.16. The molecule has 16 heavy (non-hydrogen) atoms. The first-order chi connectivity index (χ1) is 7.41. The van der Waals surface area contributed by atoms with Gasteiger partial charge in [-0.1, -0.05) is 0 Å². The average Bonchev–Trinajstić information content (AvgIpc) is 2.21. The Hall–Kier alpha value is -1.43. The Kier molecular flexibility index (Phi) is 4.00. The number of carbonyl (C=O) groups excluding carboxylic acids is 2. The zero-order chi connectivity index (χ0) is 12.3. The second kappa shape index (κ2) is 5.07. The highest BCUT2D eigenvalue weighted by molar-refractivity contribution is 9.10. The van der Waals surface area contributed by atoms with E-state index in [0.29, 0.717) is 0 Å². The molecule has 0 spiro atoms.